The van der Waals surface area contributed by atoms with Crippen LogP contribution in [0.15, 0.2) is 18.2 Å². The van der Waals surface area contributed by atoms with E-state index in [2.05, 4.69) is 39.8 Å². The molecule has 1 aromatic carbocycles. The summed E-state index contributed by atoms with van der Waals surface area (Å²) in [5.41, 5.74) is 2.23. The first kappa shape index (κ1) is 19.9. The van der Waals surface area contributed by atoms with Crippen LogP contribution >= 0.6 is 0 Å². The molecule has 3 rings (SSSR count). The summed E-state index contributed by atoms with van der Waals surface area (Å²) >= 11 is 0. The van der Waals surface area contributed by atoms with Crippen molar-refractivity contribution < 1.29 is 14.3 Å². The maximum absolute atomic E-state index is 13.5. The zero-order valence-corrected chi connectivity index (χ0v) is 17.4. The van der Waals surface area contributed by atoms with Crippen LogP contribution in [0.2, 0.25) is 0 Å². The first-order valence-electron chi connectivity index (χ1n) is 10.4. The summed E-state index contributed by atoms with van der Waals surface area (Å²) in [5, 5.41) is 0. The van der Waals surface area contributed by atoms with Gasteiger partial charge in [-0.05, 0) is 74.1 Å². The number of aryl methyl sites for hydroxylation is 1. The van der Waals surface area contributed by atoms with Crippen LogP contribution in [-0.2, 0) is 21.4 Å². The molecular formula is C23H33NO3. The summed E-state index contributed by atoms with van der Waals surface area (Å²) in [6.45, 7) is 11.6. The molecule has 3 atom stereocenters. The highest BCUT2D eigenvalue weighted by Crippen LogP contribution is 2.58. The first-order chi connectivity index (χ1) is 12.8. The van der Waals surface area contributed by atoms with Gasteiger partial charge < -0.3 is 9.64 Å². The van der Waals surface area contributed by atoms with Crippen molar-refractivity contribution in [3.63, 3.8) is 0 Å². The van der Waals surface area contributed by atoms with Gasteiger partial charge in [-0.15, -0.1) is 0 Å². The Morgan fingerprint density at radius 3 is 2.52 bits per heavy atom. The molecule has 0 radical (unpaired) electrons. The fraction of sp³-hybridized carbons (Fsp3) is 0.652. The molecule has 0 aliphatic heterocycles. The highest BCUT2D eigenvalue weighted by molar-refractivity contribution is 5.83. The Balaban J connectivity index is 2.02. The van der Waals surface area contributed by atoms with Crippen molar-refractivity contribution in [2.24, 2.45) is 11.3 Å². The van der Waals surface area contributed by atoms with Gasteiger partial charge in [0.2, 0.25) is 5.91 Å². The molecule has 0 bridgehead atoms. The molecule has 0 saturated heterocycles. The third-order valence-corrected chi connectivity index (χ3v) is 7.13. The van der Waals surface area contributed by atoms with Crippen molar-refractivity contribution >= 4 is 11.9 Å². The number of nitrogens with zero attached hydrogens (tertiary/aromatic N) is 1. The number of fused-ring (bicyclic) bond motifs is 3. The molecule has 4 nitrogen and oxygen atoms in total. The molecule has 0 N–H and O–H groups in total. The summed E-state index contributed by atoms with van der Waals surface area (Å²) in [5.74, 6) is 0.943. The molecule has 27 heavy (non-hydrogen) atoms. The first-order valence-corrected chi connectivity index (χ1v) is 10.4. The van der Waals surface area contributed by atoms with Crippen LogP contribution in [0.25, 0.3) is 0 Å². The molecule has 1 fully saturated rings. The average molecular weight is 372 g/mol. The maximum Gasteiger partial charge on any atom is 0.308 e. The fourth-order valence-electron chi connectivity index (χ4n) is 5.80. The van der Waals surface area contributed by atoms with Crippen LogP contribution in [0.4, 0.5) is 0 Å². The Kier molecular flexibility index (Phi) is 5.38. The van der Waals surface area contributed by atoms with Crippen molar-refractivity contribution in [3.8, 4) is 5.75 Å². The SMILES string of the molecule is CCN(CC)C(=O)[C@@]1(C)CCC[C@@]2(C)c3cc(OC(C)=O)ccc3CC[C@@H]21. The highest BCUT2D eigenvalue weighted by Gasteiger charge is 2.55. The Morgan fingerprint density at radius 1 is 1.19 bits per heavy atom. The summed E-state index contributed by atoms with van der Waals surface area (Å²) in [6, 6.07) is 6.05. The monoisotopic (exact) mass is 371 g/mol. The molecule has 1 amide bonds. The van der Waals surface area contributed by atoms with Crippen molar-refractivity contribution in [2.75, 3.05) is 13.1 Å². The second-order valence-corrected chi connectivity index (χ2v) is 8.67. The number of amides is 1. The number of rotatable bonds is 4. The van der Waals surface area contributed by atoms with Gasteiger partial charge in [0.15, 0.2) is 0 Å². The van der Waals surface area contributed by atoms with Crippen LogP contribution < -0.4 is 4.74 Å². The van der Waals surface area contributed by atoms with Gasteiger partial charge in [-0.3, -0.25) is 9.59 Å². The minimum absolute atomic E-state index is 0.0560. The van der Waals surface area contributed by atoms with E-state index in [0.717, 1.165) is 45.2 Å². The van der Waals surface area contributed by atoms with Crippen LogP contribution in [-0.4, -0.2) is 29.9 Å². The quantitative estimate of drug-likeness (QED) is 0.579. The molecule has 0 heterocycles. The van der Waals surface area contributed by atoms with E-state index in [1.54, 1.807) is 0 Å². The summed E-state index contributed by atoms with van der Waals surface area (Å²) in [7, 11) is 0. The van der Waals surface area contributed by atoms with Gasteiger partial charge >= 0.3 is 5.97 Å². The lowest BCUT2D eigenvalue weighted by atomic mass is 9.49. The average Bonchev–Trinajstić information content (AvgIpc) is 2.62. The fourth-order valence-corrected chi connectivity index (χ4v) is 5.80. The number of hydrogen-bond acceptors (Lipinski definition) is 3. The second-order valence-electron chi connectivity index (χ2n) is 8.67. The zero-order valence-electron chi connectivity index (χ0n) is 17.4. The third kappa shape index (κ3) is 3.28. The molecule has 2 aliphatic rings. The molecule has 0 unspecified atom stereocenters. The maximum atomic E-state index is 13.5. The molecule has 1 aromatic rings. The molecule has 1 saturated carbocycles. The smallest absolute Gasteiger partial charge is 0.308 e. The van der Waals surface area contributed by atoms with Crippen molar-refractivity contribution in [1.82, 2.24) is 4.90 Å². The largest absolute Gasteiger partial charge is 0.427 e. The number of esters is 1. The standard InChI is InChI=1S/C23H33NO3/c1-6-24(7-2)21(26)23(5)14-8-13-22(4)19-15-18(27-16(3)25)11-9-17(19)10-12-20(22)23/h9,11,15,20H,6-8,10,12-14H2,1-5H3/t20-,22-,23-/m0/s1. The summed E-state index contributed by atoms with van der Waals surface area (Å²) < 4.78 is 5.36. The topological polar surface area (TPSA) is 46.6 Å². The van der Waals surface area contributed by atoms with Crippen molar-refractivity contribution in [3.05, 3.63) is 29.3 Å². The number of hydrogen-bond donors (Lipinski definition) is 0. The summed E-state index contributed by atoms with van der Waals surface area (Å²) in [6.07, 6.45) is 5.11. The van der Waals surface area contributed by atoms with Crippen molar-refractivity contribution in [2.45, 2.75) is 72.1 Å². The number of carbonyl (C=O) groups is 2. The molecule has 148 valence electrons. The Morgan fingerprint density at radius 2 is 1.89 bits per heavy atom. The van der Waals surface area contributed by atoms with E-state index in [1.807, 2.05) is 11.0 Å². The van der Waals surface area contributed by atoms with E-state index < -0.39 is 0 Å². The predicted molar refractivity (Wildman–Crippen MR) is 107 cm³/mol. The van der Waals surface area contributed by atoms with E-state index in [0.29, 0.717) is 17.6 Å². The van der Waals surface area contributed by atoms with Crippen LogP contribution in [0, 0.1) is 11.3 Å². The summed E-state index contributed by atoms with van der Waals surface area (Å²) in [4.78, 5) is 26.9. The zero-order chi connectivity index (χ0) is 19.8. The number of ether oxygens (including phenoxy) is 1. The Labute approximate surface area is 163 Å². The molecule has 0 aromatic heterocycles. The number of carbonyl (C=O) groups excluding carboxylic acids is 2. The molecular weight excluding hydrogens is 338 g/mol. The highest BCUT2D eigenvalue weighted by atomic mass is 16.5. The Bertz CT molecular complexity index is 739. The van der Waals surface area contributed by atoms with E-state index in [1.165, 1.54) is 18.1 Å². The predicted octanol–water partition coefficient (Wildman–Crippen LogP) is 4.49. The lowest BCUT2D eigenvalue weighted by Gasteiger charge is -2.55. The normalized spacial score (nSPS) is 29.4. The molecule has 4 heteroatoms. The third-order valence-electron chi connectivity index (χ3n) is 7.13. The van der Waals surface area contributed by atoms with Gasteiger partial charge in [-0.25, -0.2) is 0 Å². The van der Waals surface area contributed by atoms with Crippen LogP contribution in [0.3, 0.4) is 0 Å². The lowest BCUT2D eigenvalue weighted by molar-refractivity contribution is -0.150. The van der Waals surface area contributed by atoms with E-state index in [9.17, 15) is 9.59 Å². The van der Waals surface area contributed by atoms with Gasteiger partial charge in [0, 0.05) is 20.0 Å². The van der Waals surface area contributed by atoms with Gasteiger partial charge in [-0.2, -0.15) is 0 Å². The van der Waals surface area contributed by atoms with E-state index in [-0.39, 0.29) is 16.8 Å². The van der Waals surface area contributed by atoms with Crippen LogP contribution in [0.1, 0.15) is 71.4 Å². The van der Waals surface area contributed by atoms with E-state index in [4.69, 9.17) is 4.74 Å². The molecule has 2 aliphatic carbocycles. The van der Waals surface area contributed by atoms with Gasteiger partial charge in [-0.1, -0.05) is 26.3 Å². The number of benzene rings is 1. The minimum atomic E-state index is -0.325. The Hall–Kier alpha value is -1.84. The van der Waals surface area contributed by atoms with Crippen molar-refractivity contribution in [1.29, 1.82) is 0 Å². The van der Waals surface area contributed by atoms with Gasteiger partial charge in [0.1, 0.15) is 5.75 Å². The van der Waals surface area contributed by atoms with Gasteiger partial charge in [0.25, 0.3) is 0 Å². The minimum Gasteiger partial charge on any atom is -0.427 e. The molecule has 0 spiro atoms. The van der Waals surface area contributed by atoms with Crippen LogP contribution in [0.5, 0.6) is 5.75 Å². The van der Waals surface area contributed by atoms with Gasteiger partial charge in [0.05, 0.1) is 5.41 Å². The second kappa shape index (κ2) is 7.29. The van der Waals surface area contributed by atoms with E-state index >= 15 is 0 Å². The lowest BCUT2D eigenvalue weighted by Crippen LogP contribution is -2.56.